The number of rotatable bonds is 2. The molecule has 24 heavy (non-hydrogen) atoms. The summed E-state index contributed by atoms with van der Waals surface area (Å²) in [6.07, 6.45) is 1.94. The van der Waals surface area contributed by atoms with E-state index in [9.17, 15) is 4.79 Å². The lowest BCUT2D eigenvalue weighted by molar-refractivity contribution is -0.121. The maximum Gasteiger partial charge on any atom is 0.266 e. The van der Waals surface area contributed by atoms with Crippen molar-refractivity contribution >= 4 is 62.1 Å². The minimum absolute atomic E-state index is 0.00511. The van der Waals surface area contributed by atoms with Gasteiger partial charge in [-0.15, -0.1) is 0 Å². The molecule has 0 bridgehead atoms. The molecule has 0 unspecified atom stereocenters. The van der Waals surface area contributed by atoms with Crippen LogP contribution in [0.5, 0.6) is 0 Å². The van der Waals surface area contributed by atoms with E-state index in [2.05, 4.69) is 54.1 Å². The average Bonchev–Trinajstić information content (AvgIpc) is 3.02. The second-order valence-corrected chi connectivity index (χ2v) is 7.45. The number of hydrogen-bond donors (Lipinski definition) is 0. The molecule has 0 atom stereocenters. The number of aromatic nitrogens is 1. The Bertz CT molecular complexity index is 1030. The molecule has 120 valence electrons. The van der Waals surface area contributed by atoms with Crippen LogP contribution in [-0.2, 0) is 11.8 Å². The molecule has 0 N–H and O–H groups in total. The Labute approximate surface area is 149 Å². The van der Waals surface area contributed by atoms with Gasteiger partial charge in [0.25, 0.3) is 5.91 Å². The number of carbonyl (C=O) groups excluding carboxylic acids is 1. The Morgan fingerprint density at radius 1 is 1.12 bits per heavy atom. The quantitative estimate of drug-likeness (QED) is 0.500. The van der Waals surface area contributed by atoms with E-state index >= 15 is 0 Å². The highest BCUT2D eigenvalue weighted by Crippen LogP contribution is 2.34. The summed E-state index contributed by atoms with van der Waals surface area (Å²) in [7, 11) is 2.08. The van der Waals surface area contributed by atoms with Gasteiger partial charge in [-0.2, -0.15) is 0 Å². The van der Waals surface area contributed by atoms with Crippen LogP contribution in [0.3, 0.4) is 0 Å². The molecule has 1 saturated heterocycles. The van der Waals surface area contributed by atoms with E-state index in [0.717, 1.165) is 5.56 Å². The first-order valence-corrected chi connectivity index (χ1v) is 9.05. The van der Waals surface area contributed by atoms with Crippen molar-refractivity contribution in [1.82, 2.24) is 9.47 Å². The van der Waals surface area contributed by atoms with Crippen molar-refractivity contribution in [2.75, 3.05) is 6.54 Å². The molecule has 1 fully saturated rings. The van der Waals surface area contributed by atoms with E-state index in [-0.39, 0.29) is 5.91 Å². The Morgan fingerprint density at radius 3 is 2.62 bits per heavy atom. The van der Waals surface area contributed by atoms with E-state index < -0.39 is 0 Å². The number of carbonyl (C=O) groups is 1. The first kappa shape index (κ1) is 15.4. The van der Waals surface area contributed by atoms with Crippen molar-refractivity contribution in [3.8, 4) is 0 Å². The van der Waals surface area contributed by atoms with Crippen LogP contribution in [0.4, 0.5) is 0 Å². The van der Waals surface area contributed by atoms with Crippen LogP contribution in [0.1, 0.15) is 12.5 Å². The van der Waals surface area contributed by atoms with Crippen molar-refractivity contribution in [2.45, 2.75) is 6.92 Å². The summed E-state index contributed by atoms with van der Waals surface area (Å²) in [6.45, 7) is 2.56. The number of benzene rings is 2. The standard InChI is InChI=1S/C19H16N2OS2/c1-3-21-18(22)17(24-19(21)23)11-12-8-9-16-14(10-12)13-6-4-5-7-15(13)20(16)2/h4-11H,3H2,1-2H3/b17-11-. The Balaban J connectivity index is 1.84. The molecular formula is C19H16N2OS2. The first-order valence-electron chi connectivity index (χ1n) is 7.82. The molecule has 1 amide bonds. The molecule has 0 saturated carbocycles. The van der Waals surface area contributed by atoms with E-state index in [1.165, 1.54) is 33.6 Å². The molecule has 1 aliphatic heterocycles. The molecule has 1 aliphatic rings. The highest BCUT2D eigenvalue weighted by atomic mass is 32.2. The zero-order valence-corrected chi connectivity index (χ0v) is 15.1. The molecule has 5 heteroatoms. The van der Waals surface area contributed by atoms with Gasteiger partial charge in [0.1, 0.15) is 4.32 Å². The number of likely N-dealkylation sites (N-methyl/N-ethyl adjacent to an activating group) is 1. The van der Waals surface area contributed by atoms with Gasteiger partial charge < -0.3 is 4.57 Å². The second kappa shape index (κ2) is 5.76. The molecule has 0 aliphatic carbocycles. The fourth-order valence-corrected chi connectivity index (χ4v) is 4.58. The van der Waals surface area contributed by atoms with Crippen LogP contribution in [-0.4, -0.2) is 26.2 Å². The van der Waals surface area contributed by atoms with E-state index in [4.69, 9.17) is 12.2 Å². The molecule has 3 aromatic rings. The van der Waals surface area contributed by atoms with E-state index in [1.807, 2.05) is 13.0 Å². The number of nitrogens with zero attached hydrogens (tertiary/aromatic N) is 2. The third-order valence-electron chi connectivity index (χ3n) is 4.43. The Kier molecular flexibility index (Phi) is 3.70. The number of thiocarbonyl (C=S) groups is 1. The molecule has 2 heterocycles. The van der Waals surface area contributed by atoms with Gasteiger partial charge in [0.05, 0.1) is 4.91 Å². The zero-order chi connectivity index (χ0) is 16.8. The van der Waals surface area contributed by atoms with Gasteiger partial charge in [0.2, 0.25) is 0 Å². The predicted octanol–water partition coefficient (Wildman–Crippen LogP) is 4.55. The van der Waals surface area contributed by atoms with Crippen LogP contribution >= 0.6 is 24.0 Å². The Hall–Kier alpha value is -2.11. The van der Waals surface area contributed by atoms with Crippen LogP contribution in [0.2, 0.25) is 0 Å². The van der Waals surface area contributed by atoms with Crippen molar-refractivity contribution in [1.29, 1.82) is 0 Å². The van der Waals surface area contributed by atoms with Gasteiger partial charge in [0, 0.05) is 35.4 Å². The summed E-state index contributed by atoms with van der Waals surface area (Å²) in [6, 6.07) is 14.7. The van der Waals surface area contributed by atoms with Crippen molar-refractivity contribution < 1.29 is 4.79 Å². The van der Waals surface area contributed by atoms with Gasteiger partial charge in [-0.1, -0.05) is 48.2 Å². The van der Waals surface area contributed by atoms with Crippen molar-refractivity contribution in [3.05, 3.63) is 52.9 Å². The predicted molar refractivity (Wildman–Crippen MR) is 106 cm³/mol. The highest BCUT2D eigenvalue weighted by molar-refractivity contribution is 8.26. The summed E-state index contributed by atoms with van der Waals surface area (Å²) in [5.41, 5.74) is 3.42. The lowest BCUT2D eigenvalue weighted by Crippen LogP contribution is -2.27. The molecule has 4 rings (SSSR count). The van der Waals surface area contributed by atoms with Gasteiger partial charge in [0.15, 0.2) is 0 Å². The third-order valence-corrected chi connectivity index (χ3v) is 5.80. The zero-order valence-electron chi connectivity index (χ0n) is 13.4. The molecule has 3 nitrogen and oxygen atoms in total. The summed E-state index contributed by atoms with van der Waals surface area (Å²) < 4.78 is 2.84. The van der Waals surface area contributed by atoms with Gasteiger partial charge in [-0.25, -0.2) is 0 Å². The van der Waals surface area contributed by atoms with Gasteiger partial charge >= 0.3 is 0 Å². The van der Waals surface area contributed by atoms with Crippen molar-refractivity contribution in [3.63, 3.8) is 0 Å². The highest BCUT2D eigenvalue weighted by Gasteiger charge is 2.30. The summed E-state index contributed by atoms with van der Waals surface area (Å²) >= 11 is 6.66. The smallest absolute Gasteiger partial charge is 0.266 e. The molecular weight excluding hydrogens is 336 g/mol. The van der Waals surface area contributed by atoms with Crippen molar-refractivity contribution in [2.24, 2.45) is 7.05 Å². The minimum Gasteiger partial charge on any atom is -0.344 e. The van der Waals surface area contributed by atoms with Crippen LogP contribution in [0.25, 0.3) is 27.9 Å². The SMILES string of the molecule is CCN1C(=O)/C(=C/c2ccc3c(c2)c2ccccc2n3C)SC1=S. The maximum atomic E-state index is 12.4. The van der Waals surface area contributed by atoms with Gasteiger partial charge in [-0.05, 0) is 36.8 Å². The lowest BCUT2D eigenvalue weighted by Gasteiger charge is -2.09. The van der Waals surface area contributed by atoms with Crippen LogP contribution in [0.15, 0.2) is 47.4 Å². The fourth-order valence-electron chi connectivity index (χ4n) is 3.20. The minimum atomic E-state index is 0.00511. The topological polar surface area (TPSA) is 25.2 Å². The summed E-state index contributed by atoms with van der Waals surface area (Å²) in [5, 5.41) is 2.43. The molecule has 0 radical (unpaired) electrons. The largest absolute Gasteiger partial charge is 0.344 e. The number of thioether (sulfide) groups is 1. The number of amides is 1. The van der Waals surface area contributed by atoms with Gasteiger partial charge in [-0.3, -0.25) is 9.69 Å². The summed E-state index contributed by atoms with van der Waals surface area (Å²) in [4.78, 5) is 14.7. The normalized spacial score (nSPS) is 16.9. The number of fused-ring (bicyclic) bond motifs is 3. The van der Waals surface area contributed by atoms with E-state index in [0.29, 0.717) is 15.8 Å². The molecule has 0 spiro atoms. The van der Waals surface area contributed by atoms with E-state index in [1.54, 1.807) is 4.90 Å². The number of para-hydroxylation sites is 1. The lowest BCUT2D eigenvalue weighted by atomic mass is 10.1. The van der Waals surface area contributed by atoms with Crippen LogP contribution in [0, 0.1) is 0 Å². The maximum absolute atomic E-state index is 12.4. The van der Waals surface area contributed by atoms with Crippen LogP contribution < -0.4 is 0 Å². The number of aryl methyl sites for hydroxylation is 1. The summed E-state index contributed by atoms with van der Waals surface area (Å²) in [5.74, 6) is 0.00511. The number of hydrogen-bond acceptors (Lipinski definition) is 3. The Morgan fingerprint density at radius 2 is 1.88 bits per heavy atom. The second-order valence-electron chi connectivity index (χ2n) is 5.78. The monoisotopic (exact) mass is 352 g/mol. The fraction of sp³-hybridized carbons (Fsp3) is 0.158. The average molecular weight is 352 g/mol. The molecule has 1 aromatic heterocycles. The third kappa shape index (κ3) is 2.27. The molecule has 2 aromatic carbocycles. The first-order chi connectivity index (χ1) is 11.6.